The van der Waals surface area contributed by atoms with Crippen LogP contribution >= 0.6 is 0 Å². The van der Waals surface area contributed by atoms with E-state index in [4.69, 9.17) is 0 Å². The zero-order valence-electron chi connectivity index (χ0n) is 17.2. The molecule has 3 aromatic carbocycles. The summed E-state index contributed by atoms with van der Waals surface area (Å²) in [4.78, 5) is 23.2. The maximum Gasteiger partial charge on any atom is 0.271 e. The molecule has 0 fully saturated rings. The van der Waals surface area contributed by atoms with Gasteiger partial charge in [0.2, 0.25) is 0 Å². The molecule has 0 aliphatic carbocycles. The number of carbonyl (C=O) groups is 1. The van der Waals surface area contributed by atoms with Crippen molar-refractivity contribution in [1.82, 2.24) is 0 Å². The summed E-state index contributed by atoms with van der Waals surface area (Å²) in [5.74, 6) is -0.573. The summed E-state index contributed by atoms with van der Waals surface area (Å²) in [6.45, 7) is 5.13. The summed E-state index contributed by atoms with van der Waals surface area (Å²) in [5, 5.41) is 13.6. The lowest BCUT2D eigenvalue weighted by Gasteiger charge is -2.14. The van der Waals surface area contributed by atoms with Crippen molar-refractivity contribution in [2.24, 2.45) is 0 Å². The molecule has 3 aromatic rings. The Bertz CT molecular complexity index is 1290. The van der Waals surface area contributed by atoms with E-state index in [1.807, 2.05) is 0 Å². The third-order valence-electron chi connectivity index (χ3n) is 4.81. The Morgan fingerprint density at radius 1 is 0.871 bits per heavy atom. The topological polar surface area (TPSA) is 118 Å². The number of hydrogen-bond acceptors (Lipinski definition) is 5. The molecule has 0 aliphatic heterocycles. The second kappa shape index (κ2) is 8.57. The first-order valence-corrected chi connectivity index (χ1v) is 10.8. The van der Waals surface area contributed by atoms with E-state index >= 15 is 0 Å². The number of non-ortho nitro benzene ring substituents is 1. The summed E-state index contributed by atoms with van der Waals surface area (Å²) in [6.07, 6.45) is 0. The van der Waals surface area contributed by atoms with Gasteiger partial charge in [0.05, 0.1) is 21.2 Å². The Kier molecular flexibility index (Phi) is 6.07. The highest BCUT2D eigenvalue weighted by atomic mass is 32.2. The molecule has 160 valence electrons. The van der Waals surface area contributed by atoms with E-state index in [0.29, 0.717) is 16.8 Å². The van der Waals surface area contributed by atoms with Gasteiger partial charge < -0.3 is 5.32 Å². The van der Waals surface area contributed by atoms with Gasteiger partial charge in [-0.15, -0.1) is 0 Å². The number of nitro groups is 1. The van der Waals surface area contributed by atoms with Crippen molar-refractivity contribution >= 4 is 33.0 Å². The van der Waals surface area contributed by atoms with E-state index in [1.54, 1.807) is 51.1 Å². The minimum atomic E-state index is -3.94. The second-order valence-electron chi connectivity index (χ2n) is 7.11. The molecule has 0 saturated carbocycles. The van der Waals surface area contributed by atoms with E-state index in [-0.39, 0.29) is 21.8 Å². The third-order valence-corrected chi connectivity index (χ3v) is 6.32. The highest BCUT2D eigenvalue weighted by Crippen LogP contribution is 2.25. The lowest BCUT2D eigenvalue weighted by atomic mass is 10.1. The number of nitro benzene ring substituents is 1. The van der Waals surface area contributed by atoms with Crippen LogP contribution in [0.25, 0.3) is 0 Å². The fourth-order valence-corrected chi connectivity index (χ4v) is 4.37. The van der Waals surface area contributed by atoms with E-state index < -0.39 is 20.9 Å². The lowest BCUT2D eigenvalue weighted by Crippen LogP contribution is -2.18. The first-order valence-electron chi connectivity index (χ1n) is 9.34. The molecular formula is C22H21N3O5S. The van der Waals surface area contributed by atoms with E-state index in [1.165, 1.54) is 30.3 Å². The van der Waals surface area contributed by atoms with Crippen LogP contribution in [0.15, 0.2) is 65.6 Å². The molecule has 0 atom stereocenters. The van der Waals surface area contributed by atoms with Crippen LogP contribution in [0, 0.1) is 30.9 Å². The number of para-hydroxylation sites is 1. The molecule has 0 saturated heterocycles. The summed E-state index contributed by atoms with van der Waals surface area (Å²) in [5.41, 5.74) is 2.56. The van der Waals surface area contributed by atoms with Crippen molar-refractivity contribution in [2.75, 3.05) is 10.0 Å². The van der Waals surface area contributed by atoms with Gasteiger partial charge in [0, 0.05) is 17.7 Å². The van der Waals surface area contributed by atoms with Gasteiger partial charge in [-0.1, -0.05) is 30.3 Å². The first kappa shape index (κ1) is 22.0. The number of hydrogen-bond donors (Lipinski definition) is 2. The highest BCUT2D eigenvalue weighted by molar-refractivity contribution is 7.92. The van der Waals surface area contributed by atoms with Crippen LogP contribution in [0.4, 0.5) is 17.1 Å². The quantitative estimate of drug-likeness (QED) is 0.431. The van der Waals surface area contributed by atoms with Crippen LogP contribution in [0.3, 0.4) is 0 Å². The molecule has 0 radical (unpaired) electrons. The Hall–Kier alpha value is -3.72. The van der Waals surface area contributed by atoms with Crippen LogP contribution in [0.1, 0.15) is 27.0 Å². The molecule has 0 unspecified atom stereocenters. The summed E-state index contributed by atoms with van der Waals surface area (Å²) in [7, 11) is -3.94. The number of nitrogens with zero attached hydrogens (tertiary/aromatic N) is 1. The van der Waals surface area contributed by atoms with Crippen LogP contribution in [-0.4, -0.2) is 19.2 Å². The summed E-state index contributed by atoms with van der Waals surface area (Å²) >= 11 is 0. The molecule has 31 heavy (non-hydrogen) atoms. The number of rotatable bonds is 6. The van der Waals surface area contributed by atoms with E-state index in [9.17, 15) is 23.3 Å². The predicted molar refractivity (Wildman–Crippen MR) is 119 cm³/mol. The van der Waals surface area contributed by atoms with Gasteiger partial charge in [0.1, 0.15) is 0 Å². The molecule has 9 heteroatoms. The Morgan fingerprint density at radius 3 is 2.19 bits per heavy atom. The highest BCUT2D eigenvalue weighted by Gasteiger charge is 2.20. The van der Waals surface area contributed by atoms with Crippen molar-refractivity contribution in [1.29, 1.82) is 0 Å². The van der Waals surface area contributed by atoms with Crippen molar-refractivity contribution < 1.29 is 18.1 Å². The SMILES string of the molecule is Cc1ccc([N+](=O)[O-])cc1NC(=O)c1ccc(C)c(S(=O)(=O)Nc2ccccc2C)c1. The molecule has 0 bridgehead atoms. The van der Waals surface area contributed by atoms with Gasteiger partial charge in [-0.25, -0.2) is 8.42 Å². The Labute approximate surface area is 180 Å². The van der Waals surface area contributed by atoms with Gasteiger partial charge in [0.15, 0.2) is 0 Å². The first-order chi connectivity index (χ1) is 14.6. The number of sulfonamides is 1. The molecule has 8 nitrogen and oxygen atoms in total. The van der Waals surface area contributed by atoms with Crippen molar-refractivity contribution in [3.8, 4) is 0 Å². The van der Waals surface area contributed by atoms with Crippen LogP contribution in [-0.2, 0) is 10.0 Å². The monoisotopic (exact) mass is 439 g/mol. The second-order valence-corrected chi connectivity index (χ2v) is 8.76. The Morgan fingerprint density at radius 2 is 1.52 bits per heavy atom. The van der Waals surface area contributed by atoms with Crippen molar-refractivity contribution in [2.45, 2.75) is 25.7 Å². The number of carbonyl (C=O) groups excluding carboxylic acids is 1. The number of anilines is 2. The molecule has 0 spiro atoms. The standard InChI is InChI=1S/C22H21N3O5S/c1-14-6-4-5-7-19(14)24-31(29,30)21-12-17(10-8-16(21)3)22(26)23-20-13-18(25(27)28)11-9-15(20)2/h4-13,24H,1-3H3,(H,23,26). The minimum absolute atomic E-state index is 0.0285. The molecule has 0 heterocycles. The maximum absolute atomic E-state index is 13.0. The fourth-order valence-electron chi connectivity index (χ4n) is 2.97. The van der Waals surface area contributed by atoms with Crippen molar-refractivity contribution in [3.05, 3.63) is 93.0 Å². The number of amides is 1. The molecule has 0 aromatic heterocycles. The molecule has 0 aliphatic rings. The minimum Gasteiger partial charge on any atom is -0.321 e. The molecule has 1 amide bonds. The Balaban J connectivity index is 1.92. The normalized spacial score (nSPS) is 11.1. The van der Waals surface area contributed by atoms with E-state index in [0.717, 1.165) is 5.56 Å². The molecule has 2 N–H and O–H groups in total. The van der Waals surface area contributed by atoms with Gasteiger partial charge >= 0.3 is 0 Å². The predicted octanol–water partition coefficient (Wildman–Crippen LogP) is 4.57. The maximum atomic E-state index is 13.0. The largest absolute Gasteiger partial charge is 0.321 e. The zero-order valence-corrected chi connectivity index (χ0v) is 18.0. The van der Waals surface area contributed by atoms with E-state index in [2.05, 4.69) is 10.0 Å². The molecule has 3 rings (SSSR count). The zero-order chi connectivity index (χ0) is 22.8. The van der Waals surface area contributed by atoms with Gasteiger partial charge in [-0.2, -0.15) is 0 Å². The van der Waals surface area contributed by atoms with Gasteiger partial charge in [-0.3, -0.25) is 19.6 Å². The van der Waals surface area contributed by atoms with Crippen LogP contribution in [0.2, 0.25) is 0 Å². The average molecular weight is 439 g/mol. The number of nitrogens with one attached hydrogen (secondary N) is 2. The van der Waals surface area contributed by atoms with Crippen molar-refractivity contribution in [3.63, 3.8) is 0 Å². The van der Waals surface area contributed by atoms with Crippen LogP contribution in [0.5, 0.6) is 0 Å². The average Bonchev–Trinajstić information content (AvgIpc) is 2.71. The van der Waals surface area contributed by atoms with Crippen LogP contribution < -0.4 is 10.0 Å². The summed E-state index contributed by atoms with van der Waals surface area (Å²) in [6, 6.07) is 15.5. The number of aryl methyl sites for hydroxylation is 3. The fraction of sp³-hybridized carbons (Fsp3) is 0.136. The summed E-state index contributed by atoms with van der Waals surface area (Å²) < 4.78 is 28.5. The molecular weight excluding hydrogens is 418 g/mol. The lowest BCUT2D eigenvalue weighted by molar-refractivity contribution is -0.384. The van der Waals surface area contributed by atoms with Gasteiger partial charge in [-0.05, 0) is 55.7 Å². The third kappa shape index (κ3) is 4.89. The smallest absolute Gasteiger partial charge is 0.271 e. The van der Waals surface area contributed by atoms with Gasteiger partial charge in [0.25, 0.3) is 21.6 Å². The number of benzene rings is 3.